The van der Waals surface area contributed by atoms with E-state index in [0.717, 1.165) is 18.2 Å². The van der Waals surface area contributed by atoms with Gasteiger partial charge in [0, 0.05) is 30.8 Å². The molecular formula is C20H19N3O8. The molecule has 0 bridgehead atoms. The van der Waals surface area contributed by atoms with Gasteiger partial charge in [-0.05, 0) is 18.7 Å². The van der Waals surface area contributed by atoms with Gasteiger partial charge in [0.05, 0.1) is 21.8 Å². The Balaban J connectivity index is 1.96. The first kappa shape index (κ1) is 21.8. The van der Waals surface area contributed by atoms with Gasteiger partial charge in [0.2, 0.25) is 0 Å². The quantitative estimate of drug-likeness (QED) is 0.379. The summed E-state index contributed by atoms with van der Waals surface area (Å²) in [6.45, 7) is 3.08. The molecule has 2 aromatic rings. The topological polar surface area (TPSA) is 153 Å². The van der Waals surface area contributed by atoms with Crippen LogP contribution in [0.15, 0.2) is 42.5 Å². The summed E-state index contributed by atoms with van der Waals surface area (Å²) in [6, 6.07) is 8.82. The Morgan fingerprint density at radius 3 is 2.26 bits per heavy atom. The summed E-state index contributed by atoms with van der Waals surface area (Å²) >= 11 is 0. The van der Waals surface area contributed by atoms with Crippen molar-refractivity contribution in [1.29, 1.82) is 0 Å². The van der Waals surface area contributed by atoms with E-state index in [1.165, 1.54) is 12.1 Å². The van der Waals surface area contributed by atoms with Crippen molar-refractivity contribution in [2.45, 2.75) is 13.0 Å². The molecule has 31 heavy (non-hydrogen) atoms. The summed E-state index contributed by atoms with van der Waals surface area (Å²) in [5.74, 6) is -2.41. The standard InChI is InChI=1S/C20H19N3O8/c1-2-21-10-16(18(11-21)31-17-6-4-3-5-15(17)20(25)26)19(24)12-7-13(22(27)28)9-14(8-12)23(29)30/h3-9,16,18H,2,10-11H2,1H3,(H,25,26)/t16?,18-/m1/s1. The number of non-ortho nitro benzene ring substituents is 2. The van der Waals surface area contributed by atoms with Crippen LogP contribution >= 0.6 is 0 Å². The van der Waals surface area contributed by atoms with Crippen molar-refractivity contribution in [3.8, 4) is 5.75 Å². The van der Waals surface area contributed by atoms with Crippen molar-refractivity contribution in [1.82, 2.24) is 4.90 Å². The van der Waals surface area contributed by atoms with E-state index in [0.29, 0.717) is 13.1 Å². The smallest absolute Gasteiger partial charge is 0.339 e. The van der Waals surface area contributed by atoms with Gasteiger partial charge in [-0.3, -0.25) is 29.9 Å². The number of carboxylic acids is 1. The monoisotopic (exact) mass is 429 g/mol. The van der Waals surface area contributed by atoms with E-state index in [9.17, 15) is 34.9 Å². The number of carbonyl (C=O) groups excluding carboxylic acids is 1. The molecule has 1 N–H and O–H groups in total. The van der Waals surface area contributed by atoms with Gasteiger partial charge >= 0.3 is 5.97 Å². The van der Waals surface area contributed by atoms with Crippen LogP contribution in [0.4, 0.5) is 11.4 Å². The van der Waals surface area contributed by atoms with Crippen LogP contribution in [0.25, 0.3) is 0 Å². The van der Waals surface area contributed by atoms with Crippen LogP contribution in [0.3, 0.4) is 0 Å². The van der Waals surface area contributed by atoms with Crippen LogP contribution in [0.2, 0.25) is 0 Å². The number of carboxylic acid groups (broad SMARTS) is 1. The molecule has 1 heterocycles. The molecule has 1 saturated heterocycles. The number of aromatic carboxylic acids is 1. The molecule has 0 saturated carbocycles. The Morgan fingerprint density at radius 1 is 1.10 bits per heavy atom. The van der Waals surface area contributed by atoms with E-state index >= 15 is 0 Å². The number of nitrogens with zero attached hydrogens (tertiary/aromatic N) is 3. The molecule has 0 aromatic heterocycles. The molecule has 162 valence electrons. The first-order valence-electron chi connectivity index (χ1n) is 9.40. The number of hydrogen-bond donors (Lipinski definition) is 1. The first-order valence-corrected chi connectivity index (χ1v) is 9.40. The lowest BCUT2D eigenvalue weighted by atomic mass is 9.94. The number of Topliss-reactive ketones (excluding diaryl/α,β-unsaturated/α-hetero) is 1. The van der Waals surface area contributed by atoms with Gasteiger partial charge in [-0.15, -0.1) is 0 Å². The molecule has 0 radical (unpaired) electrons. The molecule has 11 nitrogen and oxygen atoms in total. The summed E-state index contributed by atoms with van der Waals surface area (Å²) in [4.78, 5) is 47.3. The van der Waals surface area contributed by atoms with Crippen LogP contribution in [0.5, 0.6) is 5.75 Å². The maximum Gasteiger partial charge on any atom is 0.339 e. The van der Waals surface area contributed by atoms with E-state index < -0.39 is 45.0 Å². The van der Waals surface area contributed by atoms with Crippen LogP contribution < -0.4 is 4.74 Å². The summed E-state index contributed by atoms with van der Waals surface area (Å²) in [6.07, 6.45) is -0.730. The number of rotatable bonds is 8. The molecule has 1 aliphatic heterocycles. The molecule has 1 aliphatic rings. The molecule has 0 aliphatic carbocycles. The van der Waals surface area contributed by atoms with E-state index in [2.05, 4.69) is 0 Å². The second-order valence-corrected chi connectivity index (χ2v) is 7.03. The van der Waals surface area contributed by atoms with Gasteiger partial charge < -0.3 is 9.84 Å². The molecule has 0 spiro atoms. The molecule has 2 aromatic carbocycles. The summed E-state index contributed by atoms with van der Waals surface area (Å²) in [5.41, 5.74) is -1.34. The van der Waals surface area contributed by atoms with Crippen LogP contribution in [0, 0.1) is 26.1 Å². The van der Waals surface area contributed by atoms with Crippen LogP contribution in [0.1, 0.15) is 27.6 Å². The zero-order chi connectivity index (χ0) is 22.7. The number of benzene rings is 2. The molecule has 0 amide bonds. The lowest BCUT2D eigenvalue weighted by Gasteiger charge is -2.20. The maximum atomic E-state index is 13.2. The second-order valence-electron chi connectivity index (χ2n) is 7.03. The lowest BCUT2D eigenvalue weighted by Crippen LogP contribution is -2.32. The predicted molar refractivity (Wildman–Crippen MR) is 108 cm³/mol. The number of likely N-dealkylation sites (tertiary alicyclic amines) is 1. The summed E-state index contributed by atoms with van der Waals surface area (Å²) in [7, 11) is 0. The van der Waals surface area contributed by atoms with E-state index in [1.807, 2.05) is 11.8 Å². The van der Waals surface area contributed by atoms with Crippen molar-refractivity contribution in [3.63, 3.8) is 0 Å². The van der Waals surface area contributed by atoms with Crippen molar-refractivity contribution < 1.29 is 29.3 Å². The molecule has 2 atom stereocenters. The van der Waals surface area contributed by atoms with Crippen molar-refractivity contribution >= 4 is 23.1 Å². The number of carbonyl (C=O) groups is 2. The minimum Gasteiger partial charge on any atom is -0.487 e. The number of ketones is 1. The lowest BCUT2D eigenvalue weighted by molar-refractivity contribution is -0.394. The molecular weight excluding hydrogens is 410 g/mol. The number of nitro groups is 2. The van der Waals surface area contributed by atoms with Crippen LogP contribution in [-0.2, 0) is 0 Å². The van der Waals surface area contributed by atoms with Crippen molar-refractivity contribution in [3.05, 3.63) is 73.8 Å². The van der Waals surface area contributed by atoms with Gasteiger partial charge in [-0.2, -0.15) is 0 Å². The minimum absolute atomic E-state index is 0.0605. The normalized spacial score (nSPS) is 18.5. The fraction of sp³-hybridized carbons (Fsp3) is 0.300. The van der Waals surface area contributed by atoms with Crippen molar-refractivity contribution in [2.75, 3.05) is 19.6 Å². The van der Waals surface area contributed by atoms with Gasteiger partial charge in [0.15, 0.2) is 5.78 Å². The van der Waals surface area contributed by atoms with Crippen molar-refractivity contribution in [2.24, 2.45) is 5.92 Å². The highest BCUT2D eigenvalue weighted by Gasteiger charge is 2.40. The molecule has 1 fully saturated rings. The second kappa shape index (κ2) is 8.88. The Kier molecular flexibility index (Phi) is 6.25. The van der Waals surface area contributed by atoms with E-state index in [1.54, 1.807) is 12.1 Å². The minimum atomic E-state index is -1.18. The Hall–Kier alpha value is -3.86. The Morgan fingerprint density at radius 2 is 1.71 bits per heavy atom. The summed E-state index contributed by atoms with van der Waals surface area (Å²) < 4.78 is 5.90. The highest BCUT2D eigenvalue weighted by molar-refractivity contribution is 6.00. The largest absolute Gasteiger partial charge is 0.487 e. The van der Waals surface area contributed by atoms with Gasteiger partial charge in [-0.25, -0.2) is 4.79 Å². The Bertz CT molecular complexity index is 1020. The SMILES string of the molecule is CCN1CC(C(=O)c2cc([N+](=O)[O-])cc([N+](=O)[O-])c2)[C@H](Oc2ccccc2C(=O)O)C1. The van der Waals surface area contributed by atoms with E-state index in [-0.39, 0.29) is 23.4 Å². The first-order chi connectivity index (χ1) is 14.7. The third-order valence-corrected chi connectivity index (χ3v) is 5.13. The molecule has 3 rings (SSSR count). The molecule has 1 unspecified atom stereocenters. The maximum absolute atomic E-state index is 13.2. The average molecular weight is 429 g/mol. The van der Waals surface area contributed by atoms with Gasteiger partial charge in [-0.1, -0.05) is 19.1 Å². The predicted octanol–water partition coefficient (Wildman–Crippen LogP) is 2.78. The average Bonchev–Trinajstić information content (AvgIpc) is 3.15. The number of hydrogen-bond acceptors (Lipinski definition) is 8. The number of para-hydroxylation sites is 1. The third kappa shape index (κ3) is 4.67. The molecule has 11 heteroatoms. The highest BCUT2D eigenvalue weighted by Crippen LogP contribution is 2.30. The third-order valence-electron chi connectivity index (χ3n) is 5.13. The number of likely N-dealkylation sites (N-methyl/N-ethyl adjacent to an activating group) is 1. The summed E-state index contributed by atoms with van der Waals surface area (Å²) in [5, 5.41) is 31.7. The number of nitro benzene ring substituents is 2. The van der Waals surface area contributed by atoms with Crippen LogP contribution in [-0.4, -0.2) is 57.3 Å². The zero-order valence-electron chi connectivity index (χ0n) is 16.5. The zero-order valence-corrected chi connectivity index (χ0v) is 16.5. The fourth-order valence-electron chi connectivity index (χ4n) is 3.55. The van der Waals surface area contributed by atoms with Gasteiger partial charge in [0.1, 0.15) is 17.4 Å². The van der Waals surface area contributed by atoms with E-state index in [4.69, 9.17) is 4.74 Å². The Labute approximate surface area is 176 Å². The van der Waals surface area contributed by atoms with Gasteiger partial charge in [0.25, 0.3) is 11.4 Å². The fourth-order valence-corrected chi connectivity index (χ4v) is 3.55. The number of ether oxygens (including phenoxy) is 1. The highest BCUT2D eigenvalue weighted by atomic mass is 16.6.